The van der Waals surface area contributed by atoms with E-state index in [1.807, 2.05) is 41.2 Å². The Kier molecular flexibility index (Phi) is 9.60. The third-order valence-corrected chi connectivity index (χ3v) is 6.88. The zero-order valence-corrected chi connectivity index (χ0v) is 21.7. The SMILES string of the molecule is COCCCOc1nn([C@H]2CC[C@H](N3C[C@@H](C)O[C@@H](C)C3)CC2)cc1NC(=O)OCc1ccccc1. The molecule has 1 aliphatic carbocycles. The fraction of sp³-hybridized carbons (Fsp3) is 0.630. The maximum atomic E-state index is 12.5. The molecule has 9 heteroatoms. The normalized spacial score (nSPS) is 24.9. The number of nitrogens with one attached hydrogen (secondary N) is 1. The molecule has 4 rings (SSSR count). The van der Waals surface area contributed by atoms with Gasteiger partial charge < -0.3 is 18.9 Å². The Hall–Kier alpha value is -2.62. The van der Waals surface area contributed by atoms with Crippen LogP contribution in [0.15, 0.2) is 36.5 Å². The Morgan fingerprint density at radius 2 is 1.75 bits per heavy atom. The maximum Gasteiger partial charge on any atom is 0.412 e. The fourth-order valence-corrected chi connectivity index (χ4v) is 5.20. The third-order valence-electron chi connectivity index (χ3n) is 6.88. The fourth-order valence-electron chi connectivity index (χ4n) is 5.20. The van der Waals surface area contributed by atoms with Gasteiger partial charge in [0.2, 0.25) is 0 Å². The van der Waals surface area contributed by atoms with Crippen LogP contribution in [0.2, 0.25) is 0 Å². The molecule has 2 heterocycles. The number of hydrogen-bond acceptors (Lipinski definition) is 7. The van der Waals surface area contributed by atoms with Gasteiger partial charge >= 0.3 is 6.09 Å². The first kappa shape index (κ1) is 26.4. The minimum absolute atomic E-state index is 0.202. The summed E-state index contributed by atoms with van der Waals surface area (Å²) in [6, 6.07) is 10.5. The highest BCUT2D eigenvalue weighted by Crippen LogP contribution is 2.34. The highest BCUT2D eigenvalue weighted by molar-refractivity contribution is 5.86. The van der Waals surface area contributed by atoms with Crippen LogP contribution in [-0.2, 0) is 20.8 Å². The van der Waals surface area contributed by atoms with E-state index in [2.05, 4.69) is 24.1 Å². The van der Waals surface area contributed by atoms with Crippen molar-refractivity contribution in [2.75, 3.05) is 38.7 Å². The molecule has 36 heavy (non-hydrogen) atoms. The van der Waals surface area contributed by atoms with Gasteiger partial charge in [-0.25, -0.2) is 4.79 Å². The van der Waals surface area contributed by atoms with Crippen LogP contribution < -0.4 is 10.1 Å². The first-order valence-corrected chi connectivity index (χ1v) is 13.1. The molecule has 1 saturated carbocycles. The maximum absolute atomic E-state index is 12.5. The van der Waals surface area contributed by atoms with E-state index in [1.54, 1.807) is 7.11 Å². The Balaban J connectivity index is 1.36. The van der Waals surface area contributed by atoms with Crippen LogP contribution in [0.4, 0.5) is 10.5 Å². The number of carbonyl (C=O) groups excluding carboxylic acids is 1. The van der Waals surface area contributed by atoms with Crippen LogP contribution in [0.25, 0.3) is 0 Å². The minimum Gasteiger partial charge on any atom is -0.475 e. The molecular weight excluding hydrogens is 460 g/mol. The van der Waals surface area contributed by atoms with Crippen molar-refractivity contribution in [1.29, 1.82) is 0 Å². The summed E-state index contributed by atoms with van der Waals surface area (Å²) in [6.45, 7) is 7.58. The lowest BCUT2D eigenvalue weighted by Crippen LogP contribution is -2.51. The minimum atomic E-state index is -0.528. The molecule has 2 aromatic rings. The van der Waals surface area contributed by atoms with Gasteiger partial charge in [0.15, 0.2) is 0 Å². The van der Waals surface area contributed by atoms with Crippen molar-refractivity contribution in [2.45, 2.75) is 76.9 Å². The summed E-state index contributed by atoms with van der Waals surface area (Å²) < 4.78 is 24.3. The summed E-state index contributed by atoms with van der Waals surface area (Å²) in [7, 11) is 1.67. The quantitative estimate of drug-likeness (QED) is 0.476. The standard InChI is InChI=1S/C27H40N4O5/c1-20-16-30(17-21(2)36-20)23-10-12-24(13-11-23)31-18-25(26(29-31)34-15-7-14-33-3)28-27(32)35-19-22-8-5-4-6-9-22/h4-6,8-9,18,20-21,23-24H,7,10-17,19H2,1-3H3,(H,28,32)/t20-,21+,23-,24-. The van der Waals surface area contributed by atoms with Gasteiger partial charge in [-0.05, 0) is 45.1 Å². The molecule has 1 amide bonds. The lowest BCUT2D eigenvalue weighted by molar-refractivity contribution is -0.0852. The zero-order valence-electron chi connectivity index (χ0n) is 21.7. The number of rotatable bonds is 10. The molecule has 0 bridgehead atoms. The molecule has 0 unspecified atom stereocenters. The summed E-state index contributed by atoms with van der Waals surface area (Å²) in [5, 5.41) is 7.54. The monoisotopic (exact) mass is 500 g/mol. The molecule has 2 atom stereocenters. The topological polar surface area (TPSA) is 87.1 Å². The molecule has 1 saturated heterocycles. The van der Waals surface area contributed by atoms with Crippen molar-refractivity contribution in [3.8, 4) is 5.88 Å². The summed E-state index contributed by atoms with van der Waals surface area (Å²) in [6.07, 6.45) is 6.96. The number of carbonyl (C=O) groups is 1. The molecule has 9 nitrogen and oxygen atoms in total. The van der Waals surface area contributed by atoms with Crippen LogP contribution in [0, 0.1) is 0 Å². The molecule has 1 aliphatic heterocycles. The predicted molar refractivity (Wildman–Crippen MR) is 137 cm³/mol. The van der Waals surface area contributed by atoms with Gasteiger partial charge in [-0.15, -0.1) is 5.10 Å². The number of hydrogen-bond donors (Lipinski definition) is 1. The highest BCUT2D eigenvalue weighted by atomic mass is 16.5. The van der Waals surface area contributed by atoms with E-state index < -0.39 is 6.09 Å². The van der Waals surface area contributed by atoms with Gasteiger partial charge in [-0.2, -0.15) is 0 Å². The number of anilines is 1. The Labute approximate surface area is 214 Å². The van der Waals surface area contributed by atoms with Gasteiger partial charge in [0.1, 0.15) is 12.3 Å². The Bertz CT molecular complexity index is 935. The lowest BCUT2D eigenvalue weighted by Gasteiger charge is -2.42. The van der Waals surface area contributed by atoms with Crippen molar-refractivity contribution >= 4 is 11.8 Å². The van der Waals surface area contributed by atoms with Gasteiger partial charge in [-0.3, -0.25) is 14.9 Å². The van der Waals surface area contributed by atoms with E-state index >= 15 is 0 Å². The average Bonchev–Trinajstić information content (AvgIpc) is 3.28. The molecule has 0 radical (unpaired) electrons. The van der Waals surface area contributed by atoms with Crippen LogP contribution in [0.3, 0.4) is 0 Å². The van der Waals surface area contributed by atoms with Gasteiger partial charge in [-0.1, -0.05) is 30.3 Å². The molecule has 0 spiro atoms. The summed E-state index contributed by atoms with van der Waals surface area (Å²) >= 11 is 0. The summed E-state index contributed by atoms with van der Waals surface area (Å²) in [5.41, 5.74) is 1.46. The molecule has 1 aromatic carbocycles. The van der Waals surface area contributed by atoms with Crippen LogP contribution >= 0.6 is 0 Å². The molecule has 198 valence electrons. The van der Waals surface area contributed by atoms with E-state index in [9.17, 15) is 4.79 Å². The van der Waals surface area contributed by atoms with Crippen LogP contribution in [0.5, 0.6) is 5.88 Å². The van der Waals surface area contributed by atoms with E-state index in [1.165, 1.54) is 0 Å². The largest absolute Gasteiger partial charge is 0.475 e. The van der Waals surface area contributed by atoms with Crippen molar-refractivity contribution < 1.29 is 23.7 Å². The second kappa shape index (κ2) is 13.1. The smallest absolute Gasteiger partial charge is 0.412 e. The number of methoxy groups -OCH3 is 1. The second-order valence-corrected chi connectivity index (χ2v) is 9.88. The molecule has 2 fully saturated rings. The van der Waals surface area contributed by atoms with E-state index in [4.69, 9.17) is 24.0 Å². The molecule has 1 aromatic heterocycles. The number of aromatic nitrogens is 2. The molecular formula is C27H40N4O5. The van der Waals surface area contributed by atoms with Gasteiger partial charge in [0, 0.05) is 39.3 Å². The average molecular weight is 501 g/mol. The predicted octanol–water partition coefficient (Wildman–Crippen LogP) is 4.64. The first-order chi connectivity index (χ1) is 17.5. The van der Waals surface area contributed by atoms with Crippen molar-refractivity contribution in [3.63, 3.8) is 0 Å². The van der Waals surface area contributed by atoms with E-state index in [0.29, 0.717) is 30.8 Å². The molecule has 1 N–H and O–H groups in total. The number of ether oxygens (including phenoxy) is 4. The Morgan fingerprint density at radius 3 is 2.44 bits per heavy atom. The van der Waals surface area contributed by atoms with Crippen LogP contribution in [0.1, 0.15) is 57.6 Å². The zero-order chi connectivity index (χ0) is 25.3. The number of benzene rings is 1. The third kappa shape index (κ3) is 7.44. The lowest BCUT2D eigenvalue weighted by atomic mass is 9.89. The van der Waals surface area contributed by atoms with Gasteiger partial charge in [0.25, 0.3) is 5.88 Å². The van der Waals surface area contributed by atoms with E-state index in [-0.39, 0.29) is 24.9 Å². The highest BCUT2D eigenvalue weighted by Gasteiger charge is 2.32. The second-order valence-electron chi connectivity index (χ2n) is 9.88. The Morgan fingerprint density at radius 1 is 1.06 bits per heavy atom. The summed E-state index contributed by atoms with van der Waals surface area (Å²) in [4.78, 5) is 15.1. The van der Waals surface area contributed by atoms with E-state index in [0.717, 1.165) is 50.8 Å². The first-order valence-electron chi connectivity index (χ1n) is 13.1. The van der Waals surface area contributed by atoms with Gasteiger partial charge in [0.05, 0.1) is 31.1 Å². The molecule has 2 aliphatic rings. The van der Waals surface area contributed by atoms with Crippen molar-refractivity contribution in [3.05, 3.63) is 42.1 Å². The number of nitrogens with zero attached hydrogens (tertiary/aromatic N) is 3. The number of amides is 1. The summed E-state index contributed by atoms with van der Waals surface area (Å²) in [5.74, 6) is 0.417. The van der Waals surface area contributed by atoms with Crippen molar-refractivity contribution in [2.24, 2.45) is 0 Å². The number of morpholine rings is 1. The van der Waals surface area contributed by atoms with Crippen molar-refractivity contribution in [1.82, 2.24) is 14.7 Å². The van der Waals surface area contributed by atoms with Crippen LogP contribution in [-0.4, -0.2) is 72.4 Å².